The van der Waals surface area contributed by atoms with Gasteiger partial charge >= 0.3 is 0 Å². The number of amides is 1. The second-order valence-corrected chi connectivity index (χ2v) is 2.82. The second-order valence-electron chi connectivity index (χ2n) is 2.82. The van der Waals surface area contributed by atoms with Gasteiger partial charge in [-0.05, 0) is 22.4 Å². The fourth-order valence-electron chi connectivity index (χ4n) is 0.991. The third kappa shape index (κ3) is 2.05. The first-order chi connectivity index (χ1) is 7.77. The van der Waals surface area contributed by atoms with E-state index in [1.807, 2.05) is 6.07 Å². The highest BCUT2D eigenvalue weighted by molar-refractivity contribution is 5.96. The van der Waals surface area contributed by atoms with Crippen molar-refractivity contribution in [2.24, 2.45) is 5.10 Å². The van der Waals surface area contributed by atoms with Crippen LogP contribution in [0.15, 0.2) is 28.1 Å². The maximum Gasteiger partial charge on any atom is 0.297 e. The van der Waals surface area contributed by atoms with Gasteiger partial charge in [0.05, 0.1) is 11.9 Å². The maximum atomic E-state index is 11.4. The molecule has 8 nitrogen and oxygen atoms in total. The summed E-state index contributed by atoms with van der Waals surface area (Å²) in [6, 6.07) is 3.60. The van der Waals surface area contributed by atoms with Gasteiger partial charge in [0.2, 0.25) is 11.5 Å². The number of H-pyrrole nitrogens is 1. The van der Waals surface area contributed by atoms with E-state index in [0.29, 0.717) is 0 Å². The maximum absolute atomic E-state index is 11.4. The molecule has 0 radical (unpaired) electrons. The molecular weight excluding hydrogens is 212 g/mol. The van der Waals surface area contributed by atoms with E-state index in [0.717, 1.165) is 5.69 Å². The number of aromatic nitrogens is 3. The molecule has 2 aromatic heterocycles. The Bertz CT molecular complexity index is 500. The minimum atomic E-state index is -0.582. The summed E-state index contributed by atoms with van der Waals surface area (Å²) in [6.07, 6.45) is 3.18. The van der Waals surface area contributed by atoms with Crippen molar-refractivity contribution < 1.29 is 9.42 Å². The van der Waals surface area contributed by atoms with Crippen LogP contribution in [0.1, 0.15) is 16.2 Å². The number of anilines is 1. The molecule has 0 spiro atoms. The number of nitrogen functional groups attached to an aromatic ring is 1. The highest BCUT2D eigenvalue weighted by atomic mass is 16.6. The van der Waals surface area contributed by atoms with Crippen molar-refractivity contribution in [2.45, 2.75) is 0 Å². The number of hydrazone groups is 1. The Morgan fingerprint density at radius 1 is 1.62 bits per heavy atom. The molecule has 4 N–H and O–H groups in total. The Morgan fingerprint density at radius 2 is 2.50 bits per heavy atom. The zero-order valence-corrected chi connectivity index (χ0v) is 8.04. The Balaban J connectivity index is 1.97. The number of aromatic amines is 1. The van der Waals surface area contributed by atoms with Crippen molar-refractivity contribution in [3.8, 4) is 0 Å². The van der Waals surface area contributed by atoms with Crippen LogP contribution >= 0.6 is 0 Å². The van der Waals surface area contributed by atoms with Crippen molar-refractivity contribution in [2.75, 3.05) is 5.73 Å². The van der Waals surface area contributed by atoms with E-state index < -0.39 is 5.91 Å². The molecule has 0 atom stereocenters. The van der Waals surface area contributed by atoms with E-state index in [4.69, 9.17) is 5.73 Å². The van der Waals surface area contributed by atoms with Gasteiger partial charge in [-0.2, -0.15) is 5.10 Å². The van der Waals surface area contributed by atoms with Crippen LogP contribution in [-0.4, -0.2) is 27.4 Å². The Labute approximate surface area is 89.5 Å². The first-order valence-corrected chi connectivity index (χ1v) is 4.32. The van der Waals surface area contributed by atoms with Crippen molar-refractivity contribution >= 4 is 17.9 Å². The topological polar surface area (TPSA) is 122 Å². The highest BCUT2D eigenvalue weighted by Crippen LogP contribution is 2.02. The van der Waals surface area contributed by atoms with Crippen molar-refractivity contribution in [1.29, 1.82) is 0 Å². The molecule has 0 bridgehead atoms. The smallest absolute Gasteiger partial charge is 0.297 e. The standard InChI is InChI=1S/C8H8N6O2/c9-7-6(13-16-14-7)8(15)12-11-4-5-2-1-3-10-5/h1-4,10H,(H2,9,14)(H,12,15)/b11-4-. The molecule has 0 fully saturated rings. The second kappa shape index (κ2) is 4.26. The lowest BCUT2D eigenvalue weighted by atomic mass is 10.4. The number of nitrogens with zero attached hydrogens (tertiary/aromatic N) is 3. The monoisotopic (exact) mass is 220 g/mol. The van der Waals surface area contributed by atoms with Crippen molar-refractivity contribution in [3.05, 3.63) is 29.7 Å². The average molecular weight is 220 g/mol. The van der Waals surface area contributed by atoms with Crippen LogP contribution in [0.25, 0.3) is 0 Å². The first kappa shape index (κ1) is 9.90. The van der Waals surface area contributed by atoms with E-state index in [9.17, 15) is 4.79 Å². The molecule has 0 aliphatic heterocycles. The minimum absolute atomic E-state index is 0.0763. The lowest BCUT2D eigenvalue weighted by molar-refractivity contribution is 0.0946. The van der Waals surface area contributed by atoms with Crippen LogP contribution in [0.4, 0.5) is 5.82 Å². The summed E-state index contributed by atoms with van der Waals surface area (Å²) >= 11 is 0. The minimum Gasteiger partial charge on any atom is -0.379 e. The number of nitrogens with two attached hydrogens (primary N) is 1. The van der Waals surface area contributed by atoms with Gasteiger partial charge in [0.15, 0.2) is 0 Å². The molecular formula is C8H8N6O2. The number of hydrogen-bond acceptors (Lipinski definition) is 6. The number of carbonyl (C=O) groups excluding carboxylic acids is 1. The summed E-state index contributed by atoms with van der Waals surface area (Å²) in [4.78, 5) is 14.3. The number of hydrogen-bond donors (Lipinski definition) is 3. The van der Waals surface area contributed by atoms with Gasteiger partial charge in [0, 0.05) is 6.20 Å². The molecule has 82 valence electrons. The predicted octanol–water partition coefficient (Wildman–Crippen LogP) is -0.256. The Kier molecular flexibility index (Phi) is 2.63. The molecule has 2 aromatic rings. The molecule has 2 heterocycles. The lowest BCUT2D eigenvalue weighted by Gasteiger charge is -1.93. The quantitative estimate of drug-likeness (QED) is 0.486. The number of nitrogens with one attached hydrogen (secondary N) is 2. The molecule has 0 saturated carbocycles. The van der Waals surface area contributed by atoms with Gasteiger partial charge in [-0.3, -0.25) is 4.79 Å². The molecule has 0 aliphatic rings. The molecule has 0 aliphatic carbocycles. The molecule has 8 heteroatoms. The molecule has 0 unspecified atom stereocenters. The van der Waals surface area contributed by atoms with Gasteiger partial charge < -0.3 is 10.7 Å². The molecule has 16 heavy (non-hydrogen) atoms. The third-order valence-corrected chi connectivity index (χ3v) is 1.72. The van der Waals surface area contributed by atoms with Crippen LogP contribution in [0.3, 0.4) is 0 Å². The number of rotatable bonds is 3. The molecule has 1 amide bonds. The average Bonchev–Trinajstić information content (AvgIpc) is 2.88. The summed E-state index contributed by atoms with van der Waals surface area (Å²) < 4.78 is 4.27. The normalized spacial score (nSPS) is 10.8. The summed E-state index contributed by atoms with van der Waals surface area (Å²) in [5.74, 6) is -0.658. The highest BCUT2D eigenvalue weighted by Gasteiger charge is 2.14. The largest absolute Gasteiger partial charge is 0.379 e. The van der Waals surface area contributed by atoms with Gasteiger partial charge in [0.25, 0.3) is 5.91 Å². The Morgan fingerprint density at radius 3 is 3.12 bits per heavy atom. The van der Waals surface area contributed by atoms with Crippen LogP contribution in [0.2, 0.25) is 0 Å². The zero-order chi connectivity index (χ0) is 11.4. The SMILES string of the molecule is Nc1nonc1C(=O)N/N=C\c1ccc[nH]1. The van der Waals surface area contributed by atoms with Gasteiger partial charge in [0.1, 0.15) is 0 Å². The number of carbonyl (C=O) groups is 1. The van der Waals surface area contributed by atoms with Gasteiger partial charge in [-0.15, -0.1) is 0 Å². The van der Waals surface area contributed by atoms with Crippen LogP contribution in [0, 0.1) is 0 Å². The Hall–Kier alpha value is -2.64. The first-order valence-electron chi connectivity index (χ1n) is 4.32. The molecule has 0 saturated heterocycles. The van der Waals surface area contributed by atoms with Crippen LogP contribution < -0.4 is 11.2 Å². The van der Waals surface area contributed by atoms with Crippen molar-refractivity contribution in [3.63, 3.8) is 0 Å². The van der Waals surface area contributed by atoms with Crippen LogP contribution in [-0.2, 0) is 0 Å². The lowest BCUT2D eigenvalue weighted by Crippen LogP contribution is -2.19. The van der Waals surface area contributed by atoms with Crippen molar-refractivity contribution in [1.82, 2.24) is 20.7 Å². The fraction of sp³-hybridized carbons (Fsp3) is 0. The summed E-state index contributed by atoms with van der Waals surface area (Å²) in [5, 5.41) is 10.3. The molecule has 0 aromatic carbocycles. The van der Waals surface area contributed by atoms with Crippen LogP contribution in [0.5, 0.6) is 0 Å². The zero-order valence-electron chi connectivity index (χ0n) is 8.04. The van der Waals surface area contributed by atoms with Gasteiger partial charge in [-0.25, -0.2) is 10.1 Å². The third-order valence-electron chi connectivity index (χ3n) is 1.72. The summed E-state index contributed by atoms with van der Waals surface area (Å²) in [6.45, 7) is 0. The predicted molar refractivity (Wildman–Crippen MR) is 54.6 cm³/mol. The van der Waals surface area contributed by atoms with E-state index in [1.54, 1.807) is 12.3 Å². The fourth-order valence-corrected chi connectivity index (χ4v) is 0.991. The summed E-state index contributed by atoms with van der Waals surface area (Å²) in [7, 11) is 0. The summed E-state index contributed by atoms with van der Waals surface area (Å²) in [5.41, 5.74) is 8.22. The van der Waals surface area contributed by atoms with E-state index in [1.165, 1.54) is 6.21 Å². The van der Waals surface area contributed by atoms with E-state index >= 15 is 0 Å². The molecule has 2 rings (SSSR count). The van der Waals surface area contributed by atoms with Gasteiger partial charge in [-0.1, -0.05) is 0 Å². The van der Waals surface area contributed by atoms with E-state index in [2.05, 4.69) is 30.5 Å². The van der Waals surface area contributed by atoms with E-state index in [-0.39, 0.29) is 11.5 Å².